The number of amides is 2. The zero-order valence-corrected chi connectivity index (χ0v) is 14.0. The van der Waals surface area contributed by atoms with Crippen molar-refractivity contribution in [1.29, 1.82) is 0 Å². The average molecular weight is 330 g/mol. The zero-order chi connectivity index (χ0) is 17.2. The van der Waals surface area contributed by atoms with E-state index in [1.54, 1.807) is 17.3 Å². The summed E-state index contributed by atoms with van der Waals surface area (Å²) in [7, 11) is 0. The molecule has 0 bridgehead atoms. The van der Waals surface area contributed by atoms with E-state index in [9.17, 15) is 9.59 Å². The number of carbonyl (C=O) groups is 2. The van der Waals surface area contributed by atoms with E-state index in [1.165, 1.54) is 0 Å². The molecule has 1 N–H and O–H groups in total. The summed E-state index contributed by atoms with van der Waals surface area (Å²) in [5, 5.41) is 6.80. The molecule has 7 nitrogen and oxygen atoms in total. The highest BCUT2D eigenvalue weighted by Gasteiger charge is 2.48. The van der Waals surface area contributed by atoms with E-state index in [1.807, 2.05) is 26.0 Å². The van der Waals surface area contributed by atoms with Crippen molar-refractivity contribution >= 4 is 17.5 Å². The Morgan fingerprint density at radius 3 is 3.00 bits per heavy atom. The molecule has 2 aliphatic rings. The lowest BCUT2D eigenvalue weighted by Gasteiger charge is -2.22. The van der Waals surface area contributed by atoms with Crippen molar-refractivity contribution in [2.75, 3.05) is 13.1 Å². The quantitative estimate of drug-likeness (QED) is 0.896. The van der Waals surface area contributed by atoms with Gasteiger partial charge in [0.1, 0.15) is 5.71 Å². The molecule has 1 fully saturated rings. The first kappa shape index (κ1) is 16.4. The Kier molecular flexibility index (Phi) is 4.51. The maximum Gasteiger partial charge on any atom is 0.269 e. The summed E-state index contributed by atoms with van der Waals surface area (Å²) < 4.78 is 0. The highest BCUT2D eigenvalue weighted by Crippen LogP contribution is 2.34. The van der Waals surface area contributed by atoms with Crippen LogP contribution in [0.2, 0.25) is 0 Å². The first-order valence-corrected chi connectivity index (χ1v) is 8.20. The van der Waals surface area contributed by atoms with Crippen LogP contribution in [0.1, 0.15) is 32.3 Å². The maximum atomic E-state index is 12.3. The summed E-state index contributed by atoms with van der Waals surface area (Å²) in [6.07, 6.45) is 4.54. The zero-order valence-electron chi connectivity index (χ0n) is 14.0. The van der Waals surface area contributed by atoms with E-state index >= 15 is 0 Å². The van der Waals surface area contributed by atoms with E-state index < -0.39 is 5.60 Å². The number of nitrogens with one attached hydrogen (secondary N) is 1. The molecule has 2 amide bonds. The van der Waals surface area contributed by atoms with Gasteiger partial charge in [0.25, 0.3) is 5.91 Å². The third kappa shape index (κ3) is 3.39. The Balaban J connectivity index is 1.53. The van der Waals surface area contributed by atoms with Crippen LogP contribution >= 0.6 is 0 Å². The molecule has 7 heteroatoms. The summed E-state index contributed by atoms with van der Waals surface area (Å²) in [4.78, 5) is 35.8. The Bertz CT molecular complexity index is 659. The number of carbonyl (C=O) groups excluding carboxylic acids is 2. The Hall–Kier alpha value is -2.44. The minimum absolute atomic E-state index is 0.0373. The van der Waals surface area contributed by atoms with Crippen LogP contribution in [0.15, 0.2) is 29.7 Å². The second-order valence-corrected chi connectivity index (χ2v) is 6.70. The van der Waals surface area contributed by atoms with Crippen LogP contribution in [-0.2, 0) is 21.0 Å². The topological polar surface area (TPSA) is 83.9 Å². The summed E-state index contributed by atoms with van der Waals surface area (Å²) in [6, 6.07) is 3.72. The summed E-state index contributed by atoms with van der Waals surface area (Å²) in [6.45, 7) is 5.31. The van der Waals surface area contributed by atoms with Crippen molar-refractivity contribution in [3.8, 4) is 0 Å². The van der Waals surface area contributed by atoms with Crippen molar-refractivity contribution in [2.24, 2.45) is 11.1 Å². The molecule has 1 aromatic rings. The molecule has 0 aliphatic carbocycles. The number of hydrogen-bond donors (Lipinski definition) is 1. The predicted octanol–water partition coefficient (Wildman–Crippen LogP) is 1.10. The van der Waals surface area contributed by atoms with Crippen LogP contribution in [0, 0.1) is 5.92 Å². The van der Waals surface area contributed by atoms with E-state index in [-0.39, 0.29) is 17.7 Å². The number of likely N-dealkylation sites (tertiary alicyclic amines) is 1. The van der Waals surface area contributed by atoms with Crippen molar-refractivity contribution in [2.45, 2.75) is 38.8 Å². The van der Waals surface area contributed by atoms with E-state index in [0.717, 1.165) is 5.56 Å². The molecule has 0 aromatic carbocycles. The van der Waals surface area contributed by atoms with Gasteiger partial charge in [-0.25, -0.2) is 0 Å². The Labute approximate surface area is 141 Å². The monoisotopic (exact) mass is 330 g/mol. The second-order valence-electron chi connectivity index (χ2n) is 6.70. The molecule has 1 spiro atoms. The van der Waals surface area contributed by atoms with Crippen LogP contribution in [0.3, 0.4) is 0 Å². The maximum absolute atomic E-state index is 12.3. The lowest BCUT2D eigenvalue weighted by Crippen LogP contribution is -2.39. The van der Waals surface area contributed by atoms with Crippen LogP contribution in [-0.4, -0.2) is 46.1 Å². The number of hydrogen-bond acceptors (Lipinski definition) is 5. The van der Waals surface area contributed by atoms with Gasteiger partial charge in [-0.05, 0) is 11.6 Å². The lowest BCUT2D eigenvalue weighted by molar-refractivity contribution is -0.134. The molecule has 0 unspecified atom stereocenters. The normalized spacial score (nSPS) is 22.6. The van der Waals surface area contributed by atoms with Crippen molar-refractivity contribution in [3.63, 3.8) is 0 Å². The summed E-state index contributed by atoms with van der Waals surface area (Å²) in [5.74, 6) is -0.154. The molecular weight excluding hydrogens is 308 g/mol. The molecule has 1 atom stereocenters. The van der Waals surface area contributed by atoms with Crippen LogP contribution in [0.25, 0.3) is 0 Å². The SMILES string of the molecule is CC(C)C(=O)N1CC[C@]2(CC(C(=O)NCc3cccnc3)=NO2)C1. The van der Waals surface area contributed by atoms with Gasteiger partial charge in [0, 0.05) is 44.2 Å². The number of rotatable bonds is 4. The van der Waals surface area contributed by atoms with Crippen LogP contribution in [0.5, 0.6) is 0 Å². The van der Waals surface area contributed by atoms with Crippen LogP contribution < -0.4 is 5.32 Å². The molecule has 0 saturated carbocycles. The summed E-state index contributed by atoms with van der Waals surface area (Å²) in [5.41, 5.74) is 0.776. The first-order chi connectivity index (χ1) is 11.5. The van der Waals surface area contributed by atoms with E-state index in [0.29, 0.717) is 38.2 Å². The van der Waals surface area contributed by atoms with Gasteiger partial charge >= 0.3 is 0 Å². The molecule has 0 radical (unpaired) electrons. The molecule has 1 saturated heterocycles. The van der Waals surface area contributed by atoms with Crippen molar-refractivity contribution in [3.05, 3.63) is 30.1 Å². The average Bonchev–Trinajstić information content (AvgIpc) is 3.20. The van der Waals surface area contributed by atoms with E-state index in [2.05, 4.69) is 15.5 Å². The molecule has 3 rings (SSSR count). The standard InChI is InChI=1S/C17H22N4O3/c1-12(2)16(23)21-7-5-17(11-21)8-14(20-24-17)15(22)19-10-13-4-3-6-18-9-13/h3-4,6,9,12H,5,7-8,10-11H2,1-2H3,(H,19,22)/t17-/m0/s1. The largest absolute Gasteiger partial charge is 0.386 e. The third-order valence-electron chi connectivity index (χ3n) is 4.40. The number of pyridine rings is 1. The fourth-order valence-electron chi connectivity index (χ4n) is 3.05. The summed E-state index contributed by atoms with van der Waals surface area (Å²) >= 11 is 0. The molecule has 24 heavy (non-hydrogen) atoms. The van der Waals surface area contributed by atoms with Gasteiger partial charge in [-0.15, -0.1) is 0 Å². The minimum Gasteiger partial charge on any atom is -0.386 e. The van der Waals surface area contributed by atoms with E-state index in [4.69, 9.17) is 4.84 Å². The van der Waals surface area contributed by atoms with Crippen molar-refractivity contribution in [1.82, 2.24) is 15.2 Å². The van der Waals surface area contributed by atoms with Crippen LogP contribution in [0.4, 0.5) is 0 Å². The van der Waals surface area contributed by atoms with Gasteiger partial charge in [-0.3, -0.25) is 14.6 Å². The van der Waals surface area contributed by atoms with Gasteiger partial charge in [0.05, 0.1) is 6.54 Å². The predicted molar refractivity (Wildman–Crippen MR) is 88.0 cm³/mol. The number of nitrogens with zero attached hydrogens (tertiary/aromatic N) is 3. The van der Waals surface area contributed by atoms with Crippen molar-refractivity contribution < 1.29 is 14.4 Å². The smallest absolute Gasteiger partial charge is 0.269 e. The molecule has 3 heterocycles. The third-order valence-corrected chi connectivity index (χ3v) is 4.40. The second kappa shape index (κ2) is 6.59. The minimum atomic E-state index is -0.536. The highest BCUT2D eigenvalue weighted by atomic mass is 16.7. The number of aromatic nitrogens is 1. The molecular formula is C17H22N4O3. The van der Waals surface area contributed by atoms with Gasteiger partial charge in [0.15, 0.2) is 5.60 Å². The fourth-order valence-corrected chi connectivity index (χ4v) is 3.05. The van der Waals surface area contributed by atoms with Gasteiger partial charge < -0.3 is 15.1 Å². The Morgan fingerprint density at radius 1 is 1.46 bits per heavy atom. The Morgan fingerprint density at radius 2 is 2.29 bits per heavy atom. The van der Waals surface area contributed by atoms with Gasteiger partial charge in [-0.1, -0.05) is 25.1 Å². The molecule has 1 aromatic heterocycles. The molecule has 2 aliphatic heterocycles. The lowest BCUT2D eigenvalue weighted by atomic mass is 9.96. The van der Waals surface area contributed by atoms with Gasteiger partial charge in [-0.2, -0.15) is 0 Å². The fraction of sp³-hybridized carbons (Fsp3) is 0.529. The van der Waals surface area contributed by atoms with Gasteiger partial charge in [0.2, 0.25) is 5.91 Å². The number of oxime groups is 1. The first-order valence-electron chi connectivity index (χ1n) is 8.20. The highest BCUT2D eigenvalue weighted by molar-refractivity contribution is 6.39. The molecule has 128 valence electrons.